The Morgan fingerprint density at radius 1 is 1.47 bits per heavy atom. The number of hydrogen-bond acceptors (Lipinski definition) is 5. The largest absolute Gasteiger partial charge is 0.491 e. The normalized spacial score (nSPS) is 21.4. The Morgan fingerprint density at radius 3 is 2.95 bits per heavy atom. The van der Waals surface area contributed by atoms with Crippen LogP contribution in [0.4, 0.5) is 0 Å². The van der Waals surface area contributed by atoms with Crippen LogP contribution in [0.3, 0.4) is 0 Å². The van der Waals surface area contributed by atoms with Gasteiger partial charge in [-0.1, -0.05) is 12.1 Å². The van der Waals surface area contributed by atoms with E-state index in [0.717, 1.165) is 29.4 Å². The minimum absolute atomic E-state index is 0.00325. The lowest BCUT2D eigenvalue weighted by Gasteiger charge is -2.30. The Morgan fingerprint density at radius 2 is 2.32 bits per heavy atom. The second-order valence-electron chi connectivity index (χ2n) is 4.87. The number of hydrazine groups is 1. The van der Waals surface area contributed by atoms with E-state index < -0.39 is 0 Å². The molecule has 0 bridgehead atoms. The Labute approximate surface area is 119 Å². The number of ether oxygens (including phenoxy) is 2. The number of rotatable bonds is 5. The monoisotopic (exact) mass is 282 g/mol. The van der Waals surface area contributed by atoms with Crippen LogP contribution in [0.5, 0.6) is 5.75 Å². The summed E-state index contributed by atoms with van der Waals surface area (Å²) in [5, 5.41) is 0. The number of thioether (sulfide) groups is 1. The summed E-state index contributed by atoms with van der Waals surface area (Å²) in [6.45, 7) is 4.83. The molecule has 2 atom stereocenters. The molecule has 0 saturated carbocycles. The van der Waals surface area contributed by atoms with Gasteiger partial charge in [0.1, 0.15) is 5.75 Å². The number of nitrogens with one attached hydrogen (secondary N) is 1. The van der Waals surface area contributed by atoms with Crippen LogP contribution in [0.15, 0.2) is 24.3 Å². The van der Waals surface area contributed by atoms with Crippen LogP contribution in [0.1, 0.15) is 25.5 Å². The molecule has 1 saturated heterocycles. The van der Waals surface area contributed by atoms with Crippen LogP contribution in [0, 0.1) is 0 Å². The first-order valence-corrected chi connectivity index (χ1v) is 7.78. The standard InChI is InChI=1S/C14H22N2O2S/c1-10(2)18-12-5-3-4-11(8-12)14(16-15)13-9-19-7-6-17-13/h3-5,8,10,13-14,16H,6-7,9,15H2,1-2H3. The molecule has 0 aliphatic carbocycles. The molecule has 1 aromatic carbocycles. The van der Waals surface area contributed by atoms with E-state index in [1.807, 2.05) is 43.8 Å². The zero-order valence-corrected chi connectivity index (χ0v) is 12.3. The maximum absolute atomic E-state index is 5.80. The molecule has 1 heterocycles. The van der Waals surface area contributed by atoms with E-state index in [9.17, 15) is 0 Å². The summed E-state index contributed by atoms with van der Waals surface area (Å²) in [6, 6.07) is 8.05. The molecule has 106 valence electrons. The van der Waals surface area contributed by atoms with Crippen molar-refractivity contribution in [2.24, 2.45) is 5.84 Å². The summed E-state index contributed by atoms with van der Waals surface area (Å²) in [6.07, 6.45) is 0.277. The fourth-order valence-electron chi connectivity index (χ4n) is 2.17. The van der Waals surface area contributed by atoms with Crippen molar-refractivity contribution >= 4 is 11.8 Å². The molecule has 1 aromatic rings. The van der Waals surface area contributed by atoms with E-state index >= 15 is 0 Å². The molecule has 2 unspecified atom stereocenters. The molecular weight excluding hydrogens is 260 g/mol. The summed E-state index contributed by atoms with van der Waals surface area (Å²) < 4.78 is 11.5. The smallest absolute Gasteiger partial charge is 0.120 e. The van der Waals surface area contributed by atoms with Crippen LogP contribution in [-0.4, -0.2) is 30.3 Å². The van der Waals surface area contributed by atoms with Gasteiger partial charge in [-0.3, -0.25) is 11.3 Å². The van der Waals surface area contributed by atoms with E-state index in [1.54, 1.807) is 0 Å². The third-order valence-corrected chi connectivity index (χ3v) is 4.00. The quantitative estimate of drug-likeness (QED) is 0.640. The van der Waals surface area contributed by atoms with Crippen LogP contribution in [0.25, 0.3) is 0 Å². The highest BCUT2D eigenvalue weighted by Gasteiger charge is 2.25. The van der Waals surface area contributed by atoms with Crippen molar-refractivity contribution in [3.8, 4) is 5.75 Å². The van der Waals surface area contributed by atoms with Gasteiger partial charge in [-0.15, -0.1) is 0 Å². The predicted octanol–water partition coefficient (Wildman–Crippen LogP) is 2.11. The fourth-order valence-corrected chi connectivity index (χ4v) is 3.07. The highest BCUT2D eigenvalue weighted by molar-refractivity contribution is 7.99. The van der Waals surface area contributed by atoms with Gasteiger partial charge in [0.25, 0.3) is 0 Å². The molecule has 1 aliphatic rings. The lowest BCUT2D eigenvalue weighted by molar-refractivity contribution is 0.0467. The van der Waals surface area contributed by atoms with Gasteiger partial charge in [-0.25, -0.2) is 0 Å². The zero-order valence-electron chi connectivity index (χ0n) is 11.5. The minimum atomic E-state index is 0.00325. The molecule has 1 fully saturated rings. The summed E-state index contributed by atoms with van der Waals surface area (Å²) >= 11 is 1.90. The van der Waals surface area contributed by atoms with Crippen LogP contribution in [-0.2, 0) is 4.74 Å². The van der Waals surface area contributed by atoms with Gasteiger partial charge >= 0.3 is 0 Å². The van der Waals surface area contributed by atoms with Gasteiger partial charge in [0.05, 0.1) is 24.9 Å². The molecule has 0 radical (unpaired) electrons. The van der Waals surface area contributed by atoms with Gasteiger partial charge in [0.2, 0.25) is 0 Å². The SMILES string of the molecule is CC(C)Oc1cccc(C(NN)C2CSCCO2)c1. The van der Waals surface area contributed by atoms with Crippen molar-refractivity contribution in [3.05, 3.63) is 29.8 Å². The van der Waals surface area contributed by atoms with Crippen molar-refractivity contribution in [2.75, 3.05) is 18.1 Å². The first kappa shape index (κ1) is 14.7. The molecule has 4 nitrogen and oxygen atoms in total. The Kier molecular flexibility index (Phi) is 5.51. The third kappa shape index (κ3) is 4.11. The van der Waals surface area contributed by atoms with Gasteiger partial charge in [-0.05, 0) is 31.5 Å². The van der Waals surface area contributed by atoms with Gasteiger partial charge in [-0.2, -0.15) is 11.8 Å². The molecule has 0 aromatic heterocycles. The number of hydrogen-bond donors (Lipinski definition) is 2. The lowest BCUT2D eigenvalue weighted by atomic mass is 10.0. The number of benzene rings is 1. The zero-order chi connectivity index (χ0) is 13.7. The highest BCUT2D eigenvalue weighted by atomic mass is 32.2. The predicted molar refractivity (Wildman–Crippen MR) is 79.3 cm³/mol. The Bertz CT molecular complexity index is 395. The fraction of sp³-hybridized carbons (Fsp3) is 0.571. The molecule has 19 heavy (non-hydrogen) atoms. The van der Waals surface area contributed by atoms with Gasteiger partial charge in [0, 0.05) is 11.5 Å². The average Bonchev–Trinajstić information content (AvgIpc) is 2.40. The van der Waals surface area contributed by atoms with Crippen molar-refractivity contribution in [3.63, 3.8) is 0 Å². The summed E-state index contributed by atoms with van der Waals surface area (Å²) in [7, 11) is 0. The molecule has 1 aliphatic heterocycles. The minimum Gasteiger partial charge on any atom is -0.491 e. The van der Waals surface area contributed by atoms with E-state index in [1.165, 1.54) is 0 Å². The van der Waals surface area contributed by atoms with Crippen molar-refractivity contribution in [2.45, 2.75) is 32.1 Å². The molecule has 0 spiro atoms. The average molecular weight is 282 g/mol. The summed E-state index contributed by atoms with van der Waals surface area (Å²) in [5.74, 6) is 8.60. The molecule has 2 rings (SSSR count). The summed E-state index contributed by atoms with van der Waals surface area (Å²) in [5.41, 5.74) is 3.98. The topological polar surface area (TPSA) is 56.5 Å². The Hall–Kier alpha value is -0.750. The second kappa shape index (κ2) is 7.14. The van der Waals surface area contributed by atoms with Crippen molar-refractivity contribution in [1.29, 1.82) is 0 Å². The number of nitrogens with two attached hydrogens (primary N) is 1. The van der Waals surface area contributed by atoms with E-state index in [4.69, 9.17) is 15.3 Å². The molecular formula is C14H22N2O2S. The van der Waals surface area contributed by atoms with E-state index in [2.05, 4.69) is 11.5 Å². The van der Waals surface area contributed by atoms with Crippen molar-refractivity contribution < 1.29 is 9.47 Å². The van der Waals surface area contributed by atoms with Gasteiger partial charge < -0.3 is 9.47 Å². The molecule has 0 amide bonds. The van der Waals surface area contributed by atoms with E-state index in [-0.39, 0.29) is 18.2 Å². The maximum atomic E-state index is 5.80. The first-order chi connectivity index (χ1) is 9.20. The van der Waals surface area contributed by atoms with Crippen molar-refractivity contribution in [1.82, 2.24) is 5.43 Å². The second-order valence-corrected chi connectivity index (χ2v) is 6.02. The summed E-state index contributed by atoms with van der Waals surface area (Å²) in [4.78, 5) is 0. The lowest BCUT2D eigenvalue weighted by Crippen LogP contribution is -2.41. The third-order valence-electron chi connectivity index (χ3n) is 2.98. The van der Waals surface area contributed by atoms with Gasteiger partial charge in [0.15, 0.2) is 0 Å². The van der Waals surface area contributed by atoms with Crippen LogP contribution < -0.4 is 16.0 Å². The van der Waals surface area contributed by atoms with Crippen LogP contribution in [0.2, 0.25) is 0 Å². The first-order valence-electron chi connectivity index (χ1n) is 6.63. The highest BCUT2D eigenvalue weighted by Crippen LogP contribution is 2.27. The molecule has 5 heteroatoms. The Balaban J connectivity index is 2.12. The van der Waals surface area contributed by atoms with Crippen LogP contribution >= 0.6 is 11.8 Å². The molecule has 3 N–H and O–H groups in total. The van der Waals surface area contributed by atoms with E-state index in [0.29, 0.717) is 0 Å². The maximum Gasteiger partial charge on any atom is 0.120 e.